The molecule has 0 fully saturated rings. The molecule has 0 aromatic carbocycles. The largest absolute Gasteiger partial charge is 0.467 e. The number of amides is 1. The molecule has 0 saturated heterocycles. The highest BCUT2D eigenvalue weighted by Crippen LogP contribution is 2.11. The van der Waals surface area contributed by atoms with Crippen LogP contribution in [0.4, 0.5) is 0 Å². The predicted molar refractivity (Wildman–Crippen MR) is 79.6 cm³/mol. The van der Waals surface area contributed by atoms with Crippen LogP contribution < -0.4 is 5.32 Å². The minimum Gasteiger partial charge on any atom is -0.467 e. The number of hydrogen-bond acceptors (Lipinski definition) is 5. The number of ether oxygens (including phenoxy) is 1. The molecule has 2 aromatic heterocycles. The average molecular weight is 305 g/mol. The fourth-order valence-electron chi connectivity index (χ4n) is 1.61. The standard InChI is InChI=1S/C15H15NO4S/c1-11(13-3-2-7-19-13)16-14(17)9-20-15(18)5-4-12-6-8-21-10-12/h2-8,10-11H,9H2,1H3,(H,16,17)/b5-4+/t11-/m1/s1. The van der Waals surface area contributed by atoms with Crippen molar-refractivity contribution in [1.29, 1.82) is 0 Å². The maximum absolute atomic E-state index is 11.6. The summed E-state index contributed by atoms with van der Waals surface area (Å²) in [5.41, 5.74) is 0.924. The first-order valence-electron chi connectivity index (χ1n) is 6.35. The first-order chi connectivity index (χ1) is 10.1. The predicted octanol–water partition coefficient (Wildman–Crippen LogP) is 2.77. The molecule has 0 aliphatic carbocycles. The number of furan rings is 1. The van der Waals surface area contributed by atoms with Gasteiger partial charge in [-0.1, -0.05) is 0 Å². The monoisotopic (exact) mass is 305 g/mol. The van der Waals surface area contributed by atoms with Crippen molar-refractivity contribution in [2.24, 2.45) is 0 Å². The quantitative estimate of drug-likeness (QED) is 0.658. The summed E-state index contributed by atoms with van der Waals surface area (Å²) in [7, 11) is 0. The van der Waals surface area contributed by atoms with Crippen molar-refractivity contribution >= 4 is 29.3 Å². The molecule has 0 saturated carbocycles. The van der Waals surface area contributed by atoms with E-state index in [1.165, 1.54) is 23.7 Å². The summed E-state index contributed by atoms with van der Waals surface area (Å²) in [6.07, 6.45) is 4.47. The van der Waals surface area contributed by atoms with Gasteiger partial charge >= 0.3 is 5.97 Å². The lowest BCUT2D eigenvalue weighted by Crippen LogP contribution is -2.30. The van der Waals surface area contributed by atoms with E-state index in [4.69, 9.17) is 9.15 Å². The molecule has 0 bridgehead atoms. The summed E-state index contributed by atoms with van der Waals surface area (Å²) in [5, 5.41) is 6.49. The Hall–Kier alpha value is -2.34. The van der Waals surface area contributed by atoms with Crippen LogP contribution in [0.25, 0.3) is 6.08 Å². The molecule has 1 atom stereocenters. The van der Waals surface area contributed by atoms with E-state index >= 15 is 0 Å². The van der Waals surface area contributed by atoms with Crippen molar-refractivity contribution in [3.63, 3.8) is 0 Å². The van der Waals surface area contributed by atoms with Gasteiger partial charge in [-0.05, 0) is 47.5 Å². The first kappa shape index (κ1) is 15.1. The second kappa shape index (κ2) is 7.44. The van der Waals surface area contributed by atoms with Crippen molar-refractivity contribution in [2.75, 3.05) is 6.61 Å². The maximum atomic E-state index is 11.6. The van der Waals surface area contributed by atoms with E-state index < -0.39 is 5.97 Å². The van der Waals surface area contributed by atoms with Crippen molar-refractivity contribution in [3.8, 4) is 0 Å². The number of carbonyl (C=O) groups is 2. The second-order valence-electron chi connectivity index (χ2n) is 4.30. The van der Waals surface area contributed by atoms with Crippen LogP contribution in [0.3, 0.4) is 0 Å². The van der Waals surface area contributed by atoms with Crippen molar-refractivity contribution in [1.82, 2.24) is 5.32 Å². The van der Waals surface area contributed by atoms with Gasteiger partial charge in [-0.25, -0.2) is 4.79 Å². The second-order valence-corrected chi connectivity index (χ2v) is 5.08. The SMILES string of the molecule is C[C@@H](NC(=O)COC(=O)/C=C/c1ccsc1)c1ccco1. The minimum atomic E-state index is -0.554. The van der Waals surface area contributed by atoms with Crippen molar-refractivity contribution in [2.45, 2.75) is 13.0 Å². The fourth-order valence-corrected chi connectivity index (χ4v) is 2.24. The summed E-state index contributed by atoms with van der Waals surface area (Å²) < 4.78 is 10.0. The molecule has 1 amide bonds. The van der Waals surface area contributed by atoms with Crippen LogP contribution in [-0.2, 0) is 14.3 Å². The Morgan fingerprint density at radius 1 is 1.48 bits per heavy atom. The van der Waals surface area contributed by atoms with Crippen LogP contribution in [0.1, 0.15) is 24.3 Å². The third kappa shape index (κ3) is 4.92. The first-order valence-corrected chi connectivity index (χ1v) is 7.29. The topological polar surface area (TPSA) is 68.5 Å². The zero-order valence-corrected chi connectivity index (χ0v) is 12.3. The number of esters is 1. The molecule has 2 heterocycles. The Morgan fingerprint density at radius 3 is 3.00 bits per heavy atom. The number of rotatable bonds is 6. The molecule has 2 rings (SSSR count). The van der Waals surface area contributed by atoms with E-state index in [1.807, 2.05) is 16.8 Å². The number of carbonyl (C=O) groups excluding carboxylic acids is 2. The molecule has 0 spiro atoms. The normalized spacial score (nSPS) is 12.2. The Balaban J connectivity index is 1.72. The molecule has 0 aliphatic heterocycles. The zero-order chi connectivity index (χ0) is 15.1. The van der Waals surface area contributed by atoms with E-state index in [0.29, 0.717) is 5.76 Å². The Morgan fingerprint density at radius 2 is 2.33 bits per heavy atom. The summed E-state index contributed by atoms with van der Waals surface area (Å²) in [6, 6.07) is 5.12. The van der Waals surface area contributed by atoms with Crippen LogP contribution >= 0.6 is 11.3 Å². The molecule has 0 radical (unpaired) electrons. The molecular formula is C15H15NO4S. The fraction of sp³-hybridized carbons (Fsp3) is 0.200. The van der Waals surface area contributed by atoms with Crippen LogP contribution in [0.15, 0.2) is 45.7 Å². The maximum Gasteiger partial charge on any atom is 0.331 e. The van der Waals surface area contributed by atoms with E-state index in [-0.39, 0.29) is 18.6 Å². The molecule has 2 aromatic rings. The molecule has 0 aliphatic rings. The van der Waals surface area contributed by atoms with E-state index in [9.17, 15) is 9.59 Å². The molecule has 5 nitrogen and oxygen atoms in total. The number of nitrogens with one attached hydrogen (secondary N) is 1. The highest BCUT2D eigenvalue weighted by Gasteiger charge is 2.12. The van der Waals surface area contributed by atoms with Crippen LogP contribution in [0.2, 0.25) is 0 Å². The summed E-state index contributed by atoms with van der Waals surface area (Å²) in [5.74, 6) is -0.287. The number of hydrogen-bond donors (Lipinski definition) is 1. The molecule has 0 unspecified atom stereocenters. The summed E-state index contributed by atoms with van der Waals surface area (Å²) >= 11 is 1.54. The van der Waals surface area contributed by atoms with Gasteiger partial charge in [0.05, 0.1) is 12.3 Å². The van der Waals surface area contributed by atoms with Gasteiger partial charge in [-0.3, -0.25) is 4.79 Å². The lowest BCUT2D eigenvalue weighted by atomic mass is 10.2. The van der Waals surface area contributed by atoms with E-state index in [0.717, 1.165) is 5.56 Å². The van der Waals surface area contributed by atoms with Crippen molar-refractivity contribution < 1.29 is 18.7 Å². The lowest BCUT2D eigenvalue weighted by molar-refractivity contribution is -0.144. The zero-order valence-electron chi connectivity index (χ0n) is 11.4. The van der Waals surface area contributed by atoms with Gasteiger partial charge in [0.15, 0.2) is 6.61 Å². The van der Waals surface area contributed by atoms with Gasteiger partial charge in [0.25, 0.3) is 5.91 Å². The molecule has 110 valence electrons. The summed E-state index contributed by atoms with van der Waals surface area (Å²) in [6.45, 7) is 1.47. The van der Waals surface area contributed by atoms with Gasteiger partial charge in [0.1, 0.15) is 5.76 Å². The molecular weight excluding hydrogens is 290 g/mol. The average Bonchev–Trinajstić information content (AvgIpc) is 3.15. The third-order valence-corrected chi connectivity index (χ3v) is 3.35. The van der Waals surface area contributed by atoms with Gasteiger partial charge in [0.2, 0.25) is 0 Å². The van der Waals surface area contributed by atoms with Gasteiger partial charge in [0, 0.05) is 6.08 Å². The van der Waals surface area contributed by atoms with Gasteiger partial charge in [-0.2, -0.15) is 11.3 Å². The third-order valence-electron chi connectivity index (χ3n) is 2.65. The van der Waals surface area contributed by atoms with Crippen LogP contribution in [0, 0.1) is 0 Å². The van der Waals surface area contributed by atoms with Gasteiger partial charge < -0.3 is 14.5 Å². The van der Waals surface area contributed by atoms with Gasteiger partial charge in [-0.15, -0.1) is 0 Å². The van der Waals surface area contributed by atoms with E-state index in [1.54, 1.807) is 25.1 Å². The Labute approximate surface area is 126 Å². The lowest BCUT2D eigenvalue weighted by Gasteiger charge is -2.10. The molecule has 6 heteroatoms. The molecule has 1 N–H and O–H groups in total. The smallest absolute Gasteiger partial charge is 0.331 e. The highest BCUT2D eigenvalue weighted by atomic mass is 32.1. The van der Waals surface area contributed by atoms with Crippen molar-refractivity contribution in [3.05, 3.63) is 52.6 Å². The van der Waals surface area contributed by atoms with Crippen LogP contribution in [-0.4, -0.2) is 18.5 Å². The van der Waals surface area contributed by atoms with Crippen LogP contribution in [0.5, 0.6) is 0 Å². The Kier molecular flexibility index (Phi) is 5.34. The number of thiophene rings is 1. The molecule has 21 heavy (non-hydrogen) atoms. The summed E-state index contributed by atoms with van der Waals surface area (Å²) in [4.78, 5) is 23.1. The highest BCUT2D eigenvalue weighted by molar-refractivity contribution is 7.08. The Bertz CT molecular complexity index is 602. The minimum absolute atomic E-state index is 0.271. The van der Waals surface area contributed by atoms with E-state index in [2.05, 4.69) is 5.32 Å².